The van der Waals surface area contributed by atoms with Gasteiger partial charge in [-0.15, -0.1) is 0 Å². The number of anilines is 2. The SMILES string of the molecule is Cc1cc2oc(=O)cc(C)c2cc1NC(=S)Nc1cc2c(C)cc(=O)oc2cc1C. The molecule has 0 bridgehead atoms. The molecule has 0 saturated carbocycles. The van der Waals surface area contributed by atoms with E-state index >= 15 is 0 Å². The zero-order valence-electron chi connectivity index (χ0n) is 17.0. The molecule has 30 heavy (non-hydrogen) atoms. The third kappa shape index (κ3) is 3.71. The fourth-order valence-electron chi connectivity index (χ4n) is 3.48. The minimum absolute atomic E-state index is 0.366. The van der Waals surface area contributed by atoms with Crippen LogP contribution in [0.1, 0.15) is 22.3 Å². The van der Waals surface area contributed by atoms with Crippen LogP contribution in [0.3, 0.4) is 0 Å². The Balaban J connectivity index is 1.65. The van der Waals surface area contributed by atoms with Crippen molar-refractivity contribution in [2.24, 2.45) is 0 Å². The third-order valence-corrected chi connectivity index (χ3v) is 5.29. The first-order valence-corrected chi connectivity index (χ1v) is 9.80. The maximum absolute atomic E-state index is 11.6. The molecule has 0 fully saturated rings. The maximum atomic E-state index is 11.6. The number of hydrogen-bond acceptors (Lipinski definition) is 5. The van der Waals surface area contributed by atoms with Crippen LogP contribution in [0.4, 0.5) is 11.4 Å². The zero-order chi connectivity index (χ0) is 21.6. The highest BCUT2D eigenvalue weighted by molar-refractivity contribution is 7.80. The van der Waals surface area contributed by atoms with E-state index < -0.39 is 0 Å². The summed E-state index contributed by atoms with van der Waals surface area (Å²) in [7, 11) is 0. The number of fused-ring (bicyclic) bond motifs is 2. The molecule has 0 aliphatic carbocycles. The van der Waals surface area contributed by atoms with Gasteiger partial charge in [-0.2, -0.15) is 0 Å². The minimum Gasteiger partial charge on any atom is -0.423 e. The summed E-state index contributed by atoms with van der Waals surface area (Å²) >= 11 is 5.52. The van der Waals surface area contributed by atoms with E-state index in [9.17, 15) is 9.59 Å². The first kappa shape index (κ1) is 19.8. The molecule has 152 valence electrons. The Labute approximate surface area is 177 Å². The Morgan fingerprint density at radius 2 is 1.07 bits per heavy atom. The van der Waals surface area contributed by atoms with Gasteiger partial charge in [0.25, 0.3) is 0 Å². The van der Waals surface area contributed by atoms with Crippen LogP contribution in [0.25, 0.3) is 21.9 Å². The molecule has 7 heteroatoms. The van der Waals surface area contributed by atoms with E-state index in [-0.39, 0.29) is 11.3 Å². The molecule has 0 spiro atoms. The summed E-state index contributed by atoms with van der Waals surface area (Å²) in [5.41, 5.74) is 5.46. The van der Waals surface area contributed by atoms with E-state index in [4.69, 9.17) is 21.1 Å². The van der Waals surface area contributed by atoms with Crippen LogP contribution in [0.15, 0.2) is 54.8 Å². The summed E-state index contributed by atoms with van der Waals surface area (Å²) in [6, 6.07) is 10.4. The largest absolute Gasteiger partial charge is 0.423 e. The standard InChI is InChI=1S/C23H20N2O4S/c1-11-7-21(26)28-19-5-13(3)17(9-15(11)19)24-23(30)25-18-10-16-12(2)8-22(27)29-20(16)6-14(18)4/h5-10H,1-4H3,(H2,24,25,30). The molecule has 0 unspecified atom stereocenters. The molecule has 6 nitrogen and oxygen atoms in total. The van der Waals surface area contributed by atoms with Crippen LogP contribution in [-0.4, -0.2) is 5.11 Å². The van der Waals surface area contributed by atoms with E-state index in [0.717, 1.165) is 44.4 Å². The number of benzene rings is 2. The van der Waals surface area contributed by atoms with E-state index in [1.165, 1.54) is 12.1 Å². The van der Waals surface area contributed by atoms with E-state index in [0.29, 0.717) is 16.3 Å². The topological polar surface area (TPSA) is 84.5 Å². The van der Waals surface area contributed by atoms with Gasteiger partial charge in [-0.3, -0.25) is 0 Å². The van der Waals surface area contributed by atoms with Gasteiger partial charge in [-0.05, 0) is 86.4 Å². The first-order chi connectivity index (χ1) is 14.2. The van der Waals surface area contributed by atoms with Gasteiger partial charge in [-0.1, -0.05) is 0 Å². The van der Waals surface area contributed by atoms with Gasteiger partial charge in [0.05, 0.1) is 0 Å². The average Bonchev–Trinajstić information content (AvgIpc) is 2.64. The molecule has 2 aromatic carbocycles. The quantitative estimate of drug-likeness (QED) is 0.351. The summed E-state index contributed by atoms with van der Waals surface area (Å²) in [5.74, 6) is 0. The van der Waals surface area contributed by atoms with Crippen LogP contribution < -0.4 is 21.9 Å². The maximum Gasteiger partial charge on any atom is 0.336 e. The summed E-state index contributed by atoms with van der Waals surface area (Å²) in [5, 5.41) is 8.55. The highest BCUT2D eigenvalue weighted by Crippen LogP contribution is 2.27. The Bertz CT molecular complexity index is 1340. The molecule has 0 atom stereocenters. The molecule has 2 N–H and O–H groups in total. The second-order valence-corrected chi connectivity index (χ2v) is 7.81. The smallest absolute Gasteiger partial charge is 0.336 e. The number of hydrogen-bond donors (Lipinski definition) is 2. The first-order valence-electron chi connectivity index (χ1n) is 9.39. The second kappa shape index (κ2) is 7.42. The molecule has 0 aliphatic rings. The lowest BCUT2D eigenvalue weighted by atomic mass is 10.1. The molecule has 4 aromatic rings. The van der Waals surface area contributed by atoms with Crippen molar-refractivity contribution < 1.29 is 8.83 Å². The van der Waals surface area contributed by atoms with Crippen molar-refractivity contribution in [3.8, 4) is 0 Å². The highest BCUT2D eigenvalue weighted by Gasteiger charge is 2.11. The van der Waals surface area contributed by atoms with Gasteiger partial charge in [-0.25, -0.2) is 9.59 Å². The fraction of sp³-hybridized carbons (Fsp3) is 0.174. The monoisotopic (exact) mass is 420 g/mol. The summed E-state index contributed by atoms with van der Waals surface area (Å²) < 4.78 is 10.6. The van der Waals surface area contributed by atoms with Crippen molar-refractivity contribution in [1.82, 2.24) is 0 Å². The van der Waals surface area contributed by atoms with Crippen LogP contribution in [0.2, 0.25) is 0 Å². The van der Waals surface area contributed by atoms with Crippen LogP contribution >= 0.6 is 12.2 Å². The molecule has 2 heterocycles. The molecular formula is C23H20N2O4S. The second-order valence-electron chi connectivity index (χ2n) is 7.40. The predicted octanol–water partition coefficient (Wildman–Crippen LogP) is 4.94. The lowest BCUT2D eigenvalue weighted by Gasteiger charge is -2.16. The molecule has 0 radical (unpaired) electrons. The van der Waals surface area contributed by atoms with Crippen molar-refractivity contribution >= 4 is 50.6 Å². The van der Waals surface area contributed by atoms with Gasteiger partial charge < -0.3 is 19.5 Å². The van der Waals surface area contributed by atoms with Crippen molar-refractivity contribution in [1.29, 1.82) is 0 Å². The highest BCUT2D eigenvalue weighted by atomic mass is 32.1. The molecule has 2 aromatic heterocycles. The average molecular weight is 420 g/mol. The molecule has 0 aliphatic heterocycles. The Kier molecular flexibility index (Phi) is 4.91. The minimum atomic E-state index is -0.366. The van der Waals surface area contributed by atoms with Crippen molar-refractivity contribution in [2.75, 3.05) is 10.6 Å². The van der Waals surface area contributed by atoms with Crippen LogP contribution in [0.5, 0.6) is 0 Å². The van der Waals surface area contributed by atoms with Crippen LogP contribution in [-0.2, 0) is 0 Å². The van der Waals surface area contributed by atoms with Crippen molar-refractivity contribution in [3.63, 3.8) is 0 Å². The van der Waals surface area contributed by atoms with E-state index in [1.807, 2.05) is 52.0 Å². The van der Waals surface area contributed by atoms with E-state index in [2.05, 4.69) is 10.6 Å². The van der Waals surface area contributed by atoms with Gasteiger partial charge >= 0.3 is 11.3 Å². The zero-order valence-corrected chi connectivity index (χ0v) is 17.8. The van der Waals surface area contributed by atoms with Gasteiger partial charge in [0, 0.05) is 34.3 Å². The number of aryl methyl sites for hydroxylation is 4. The molecule has 0 amide bonds. The fourth-order valence-corrected chi connectivity index (χ4v) is 3.70. The molecule has 4 rings (SSSR count). The lowest BCUT2D eigenvalue weighted by Crippen LogP contribution is -2.20. The normalized spacial score (nSPS) is 11.1. The van der Waals surface area contributed by atoms with Crippen molar-refractivity contribution in [2.45, 2.75) is 27.7 Å². The summed E-state index contributed by atoms with van der Waals surface area (Å²) in [6.45, 7) is 7.57. The van der Waals surface area contributed by atoms with E-state index in [1.54, 1.807) is 0 Å². The summed E-state index contributed by atoms with van der Waals surface area (Å²) in [4.78, 5) is 23.2. The summed E-state index contributed by atoms with van der Waals surface area (Å²) in [6.07, 6.45) is 0. The Morgan fingerprint density at radius 3 is 1.47 bits per heavy atom. The lowest BCUT2D eigenvalue weighted by molar-refractivity contribution is 0.559. The number of rotatable bonds is 2. The van der Waals surface area contributed by atoms with Crippen molar-refractivity contribution in [3.05, 3.63) is 79.5 Å². The van der Waals surface area contributed by atoms with Gasteiger partial charge in [0.2, 0.25) is 0 Å². The number of thiocarbonyl (C=S) groups is 1. The van der Waals surface area contributed by atoms with Gasteiger partial charge in [0.1, 0.15) is 11.2 Å². The predicted molar refractivity (Wildman–Crippen MR) is 124 cm³/mol. The third-order valence-electron chi connectivity index (χ3n) is 5.09. The Hall–Kier alpha value is -3.45. The van der Waals surface area contributed by atoms with Gasteiger partial charge in [0.15, 0.2) is 5.11 Å². The molecule has 0 saturated heterocycles. The Morgan fingerprint density at radius 1 is 0.667 bits per heavy atom. The molecular weight excluding hydrogens is 400 g/mol. The number of nitrogens with one attached hydrogen (secondary N) is 2. The van der Waals surface area contributed by atoms with Crippen LogP contribution in [0, 0.1) is 27.7 Å².